The van der Waals surface area contributed by atoms with Crippen molar-refractivity contribution in [2.24, 2.45) is 0 Å². The first kappa shape index (κ1) is 18.9. The summed E-state index contributed by atoms with van der Waals surface area (Å²) in [5.41, 5.74) is 1.24. The number of carboxylic acid groups (broad SMARTS) is 1. The summed E-state index contributed by atoms with van der Waals surface area (Å²) in [5.74, 6) is -1.26. The van der Waals surface area contributed by atoms with Crippen molar-refractivity contribution in [1.29, 1.82) is 0 Å². The van der Waals surface area contributed by atoms with Crippen molar-refractivity contribution in [3.05, 3.63) is 72.3 Å². The molecule has 140 valence electrons. The SMILES string of the molecule is CN(C)c1cccc2c(S(=O)(=O)N[C@H](C(=O)O)c3ccccc3)cccc12. The Morgan fingerprint density at radius 1 is 0.926 bits per heavy atom. The third-order valence-electron chi connectivity index (χ3n) is 4.28. The molecule has 0 unspecified atom stereocenters. The van der Waals surface area contributed by atoms with E-state index in [0.29, 0.717) is 10.9 Å². The van der Waals surface area contributed by atoms with Gasteiger partial charge < -0.3 is 10.0 Å². The fourth-order valence-corrected chi connectivity index (χ4v) is 4.41. The van der Waals surface area contributed by atoms with Gasteiger partial charge in [0.2, 0.25) is 10.0 Å². The average Bonchev–Trinajstić information content (AvgIpc) is 2.65. The molecule has 0 radical (unpaired) electrons. The Labute approximate surface area is 158 Å². The molecule has 0 heterocycles. The van der Waals surface area contributed by atoms with Crippen LogP contribution >= 0.6 is 0 Å². The van der Waals surface area contributed by atoms with Gasteiger partial charge in [0.1, 0.15) is 6.04 Å². The van der Waals surface area contributed by atoms with E-state index in [1.165, 1.54) is 6.07 Å². The smallest absolute Gasteiger partial charge is 0.326 e. The molecule has 0 spiro atoms. The first-order chi connectivity index (χ1) is 12.8. The van der Waals surface area contributed by atoms with Crippen LogP contribution in [0.15, 0.2) is 71.6 Å². The normalized spacial score (nSPS) is 12.7. The summed E-state index contributed by atoms with van der Waals surface area (Å²) in [6.07, 6.45) is 0. The number of anilines is 1. The molecule has 27 heavy (non-hydrogen) atoms. The van der Waals surface area contributed by atoms with Crippen LogP contribution in [-0.2, 0) is 14.8 Å². The first-order valence-corrected chi connectivity index (χ1v) is 9.79. The van der Waals surface area contributed by atoms with Gasteiger partial charge in [0.15, 0.2) is 0 Å². The molecular weight excluding hydrogens is 364 g/mol. The van der Waals surface area contributed by atoms with Crippen LogP contribution < -0.4 is 9.62 Å². The molecule has 3 aromatic rings. The Balaban J connectivity index is 2.10. The number of carbonyl (C=O) groups is 1. The van der Waals surface area contributed by atoms with Crippen LogP contribution in [0.4, 0.5) is 5.69 Å². The topological polar surface area (TPSA) is 86.7 Å². The Bertz CT molecular complexity index is 1080. The Morgan fingerprint density at radius 2 is 1.56 bits per heavy atom. The quantitative estimate of drug-likeness (QED) is 0.682. The molecule has 1 atom stereocenters. The van der Waals surface area contributed by atoms with Crippen molar-refractivity contribution in [1.82, 2.24) is 4.72 Å². The minimum absolute atomic E-state index is 0.0471. The van der Waals surface area contributed by atoms with Gasteiger partial charge >= 0.3 is 5.97 Å². The Kier molecular flexibility index (Phi) is 5.16. The van der Waals surface area contributed by atoms with Crippen LogP contribution in [0.1, 0.15) is 11.6 Å². The van der Waals surface area contributed by atoms with Crippen molar-refractivity contribution in [3.8, 4) is 0 Å². The van der Waals surface area contributed by atoms with Gasteiger partial charge in [0, 0.05) is 30.6 Å². The predicted molar refractivity (Wildman–Crippen MR) is 105 cm³/mol. The molecular formula is C20H20N2O4S. The Morgan fingerprint density at radius 3 is 2.19 bits per heavy atom. The molecule has 2 N–H and O–H groups in total. The number of carboxylic acids is 1. The van der Waals surface area contributed by atoms with Gasteiger partial charge in [0.25, 0.3) is 0 Å². The summed E-state index contributed by atoms with van der Waals surface area (Å²) in [4.78, 5) is 13.6. The highest BCUT2D eigenvalue weighted by Gasteiger charge is 2.28. The zero-order valence-corrected chi connectivity index (χ0v) is 15.8. The van der Waals surface area contributed by atoms with E-state index in [1.54, 1.807) is 48.5 Å². The van der Waals surface area contributed by atoms with Crippen molar-refractivity contribution in [2.75, 3.05) is 19.0 Å². The number of rotatable bonds is 6. The molecule has 0 aliphatic rings. The van der Waals surface area contributed by atoms with Gasteiger partial charge in [-0.15, -0.1) is 0 Å². The number of benzene rings is 3. The summed E-state index contributed by atoms with van der Waals surface area (Å²) in [7, 11) is -0.313. The molecule has 3 rings (SSSR count). The molecule has 0 bridgehead atoms. The van der Waals surface area contributed by atoms with E-state index in [4.69, 9.17) is 0 Å². The largest absolute Gasteiger partial charge is 0.480 e. The second-order valence-corrected chi connectivity index (χ2v) is 8.01. The minimum atomic E-state index is -4.07. The van der Waals surface area contributed by atoms with Gasteiger partial charge in [-0.25, -0.2) is 8.42 Å². The third-order valence-corrected chi connectivity index (χ3v) is 5.76. The molecule has 0 aliphatic heterocycles. The number of hydrogen-bond donors (Lipinski definition) is 2. The van der Waals surface area contributed by atoms with E-state index >= 15 is 0 Å². The van der Waals surface area contributed by atoms with Crippen molar-refractivity contribution >= 4 is 32.5 Å². The summed E-state index contributed by atoms with van der Waals surface area (Å²) in [6, 6.07) is 17.2. The van der Waals surface area contributed by atoms with E-state index in [1.807, 2.05) is 31.1 Å². The van der Waals surface area contributed by atoms with Crippen LogP contribution in [0.25, 0.3) is 10.8 Å². The number of hydrogen-bond acceptors (Lipinski definition) is 4. The zero-order valence-electron chi connectivity index (χ0n) is 15.0. The van der Waals surface area contributed by atoms with Crippen molar-refractivity contribution in [3.63, 3.8) is 0 Å². The van der Waals surface area contributed by atoms with E-state index in [-0.39, 0.29) is 4.90 Å². The van der Waals surface area contributed by atoms with E-state index in [0.717, 1.165) is 11.1 Å². The molecule has 6 nitrogen and oxygen atoms in total. The number of fused-ring (bicyclic) bond motifs is 1. The highest BCUT2D eigenvalue weighted by Crippen LogP contribution is 2.30. The fraction of sp³-hybridized carbons (Fsp3) is 0.150. The zero-order chi connectivity index (χ0) is 19.6. The average molecular weight is 384 g/mol. The molecule has 0 saturated heterocycles. The van der Waals surface area contributed by atoms with Gasteiger partial charge in [-0.3, -0.25) is 4.79 Å². The molecule has 0 aliphatic carbocycles. The van der Waals surface area contributed by atoms with Crippen molar-refractivity contribution < 1.29 is 18.3 Å². The second kappa shape index (κ2) is 7.38. The van der Waals surface area contributed by atoms with Crippen LogP contribution in [-0.4, -0.2) is 33.6 Å². The van der Waals surface area contributed by atoms with Crippen LogP contribution in [0.3, 0.4) is 0 Å². The molecule has 7 heteroatoms. The lowest BCUT2D eigenvalue weighted by Crippen LogP contribution is -2.33. The summed E-state index contributed by atoms with van der Waals surface area (Å²) in [6.45, 7) is 0. The van der Waals surface area contributed by atoms with Crippen LogP contribution in [0, 0.1) is 0 Å². The number of nitrogens with one attached hydrogen (secondary N) is 1. The second-order valence-electron chi connectivity index (χ2n) is 6.33. The third kappa shape index (κ3) is 3.79. The number of aliphatic carboxylic acids is 1. The van der Waals surface area contributed by atoms with Crippen molar-refractivity contribution in [2.45, 2.75) is 10.9 Å². The number of nitrogens with zero attached hydrogens (tertiary/aromatic N) is 1. The highest BCUT2D eigenvalue weighted by atomic mass is 32.2. The lowest BCUT2D eigenvalue weighted by molar-refractivity contribution is -0.139. The predicted octanol–water partition coefficient (Wildman–Crippen LogP) is 3.01. The minimum Gasteiger partial charge on any atom is -0.480 e. The summed E-state index contributed by atoms with van der Waals surface area (Å²) < 4.78 is 28.4. The monoisotopic (exact) mass is 384 g/mol. The standard InChI is InChI=1S/C20H20N2O4S/c1-22(2)17-12-6-11-16-15(17)10-7-13-18(16)27(25,26)21-19(20(23)24)14-8-4-3-5-9-14/h3-13,19,21H,1-2H3,(H,23,24)/t19-/m0/s1. The molecule has 3 aromatic carbocycles. The maximum absolute atomic E-state index is 13.0. The maximum atomic E-state index is 13.0. The first-order valence-electron chi connectivity index (χ1n) is 8.30. The lowest BCUT2D eigenvalue weighted by atomic mass is 10.1. The van der Waals surface area contributed by atoms with E-state index in [9.17, 15) is 18.3 Å². The summed E-state index contributed by atoms with van der Waals surface area (Å²) >= 11 is 0. The molecule has 0 amide bonds. The van der Waals surface area contributed by atoms with Gasteiger partial charge in [-0.1, -0.05) is 54.6 Å². The lowest BCUT2D eigenvalue weighted by Gasteiger charge is -2.19. The van der Waals surface area contributed by atoms with E-state index < -0.39 is 22.0 Å². The van der Waals surface area contributed by atoms with Crippen LogP contribution in [0.2, 0.25) is 0 Å². The molecule has 0 aromatic heterocycles. The number of sulfonamides is 1. The van der Waals surface area contributed by atoms with Crippen LogP contribution in [0.5, 0.6) is 0 Å². The van der Waals surface area contributed by atoms with E-state index in [2.05, 4.69) is 4.72 Å². The highest BCUT2D eigenvalue weighted by molar-refractivity contribution is 7.89. The van der Waals surface area contributed by atoms with Gasteiger partial charge in [0.05, 0.1) is 4.90 Å². The van der Waals surface area contributed by atoms with Gasteiger partial charge in [-0.2, -0.15) is 4.72 Å². The Hall–Kier alpha value is -2.90. The maximum Gasteiger partial charge on any atom is 0.326 e. The summed E-state index contributed by atoms with van der Waals surface area (Å²) in [5, 5.41) is 10.8. The molecule has 0 fully saturated rings. The fourth-order valence-electron chi connectivity index (χ4n) is 3.01. The van der Waals surface area contributed by atoms with Gasteiger partial charge in [-0.05, 0) is 17.7 Å². The molecule has 0 saturated carbocycles.